The van der Waals surface area contributed by atoms with Crippen LogP contribution in [0.3, 0.4) is 0 Å². The Morgan fingerprint density at radius 3 is 2.84 bits per heavy atom. The highest BCUT2D eigenvalue weighted by molar-refractivity contribution is 6.00. The van der Waals surface area contributed by atoms with Gasteiger partial charge in [0.05, 0.1) is 12.8 Å². The molecule has 3 aliphatic rings. The van der Waals surface area contributed by atoms with Crippen molar-refractivity contribution in [1.29, 1.82) is 0 Å². The van der Waals surface area contributed by atoms with Crippen molar-refractivity contribution in [3.05, 3.63) is 40.5 Å². The lowest BCUT2D eigenvalue weighted by Crippen LogP contribution is -2.34. The zero-order valence-electron chi connectivity index (χ0n) is 19.8. The Balaban J connectivity index is 1.53. The van der Waals surface area contributed by atoms with Crippen LogP contribution >= 0.6 is 0 Å². The van der Waals surface area contributed by atoms with Crippen LogP contribution in [0.4, 0.5) is 0 Å². The molecule has 0 radical (unpaired) electrons. The molecule has 0 spiro atoms. The smallest absolute Gasteiger partial charge is 0.231 e. The average molecular weight is 441 g/mol. The molecule has 0 saturated carbocycles. The van der Waals surface area contributed by atoms with Crippen LogP contribution in [0.25, 0.3) is 0 Å². The van der Waals surface area contributed by atoms with Gasteiger partial charge in [-0.1, -0.05) is 22.9 Å². The van der Waals surface area contributed by atoms with Gasteiger partial charge in [-0.25, -0.2) is 0 Å². The maximum absolute atomic E-state index is 9.94. The highest BCUT2D eigenvalue weighted by Gasteiger charge is 2.35. The van der Waals surface area contributed by atoms with Gasteiger partial charge >= 0.3 is 0 Å². The average Bonchev–Trinajstić information content (AvgIpc) is 3.26. The van der Waals surface area contributed by atoms with Crippen molar-refractivity contribution in [1.82, 2.24) is 4.90 Å². The molecule has 1 aliphatic carbocycles. The summed E-state index contributed by atoms with van der Waals surface area (Å²) < 4.78 is 17.2. The maximum atomic E-state index is 9.94. The number of hydrogen-bond donors (Lipinski definition) is 1. The third-order valence-corrected chi connectivity index (χ3v) is 7.07. The Labute approximate surface area is 191 Å². The van der Waals surface area contributed by atoms with E-state index in [4.69, 9.17) is 14.2 Å². The summed E-state index contributed by atoms with van der Waals surface area (Å²) in [7, 11) is 3.81. The lowest BCUT2D eigenvalue weighted by atomic mass is 9.82. The van der Waals surface area contributed by atoms with Gasteiger partial charge in [-0.2, -0.15) is 0 Å². The van der Waals surface area contributed by atoms with Crippen molar-refractivity contribution in [2.75, 3.05) is 27.5 Å². The number of nitrogens with zero attached hydrogens (tertiary/aromatic N) is 2. The number of likely N-dealkylation sites (N-methyl/N-ethyl adjacent to an activating group) is 1. The molecule has 0 fully saturated rings. The molecule has 2 atom stereocenters. The first-order chi connectivity index (χ1) is 15.5. The molecule has 0 aromatic heterocycles. The summed E-state index contributed by atoms with van der Waals surface area (Å²) in [5, 5.41) is 13.7. The monoisotopic (exact) mass is 440 g/mol. The minimum absolute atomic E-state index is 0.0605. The second-order valence-electron chi connectivity index (χ2n) is 9.44. The second kappa shape index (κ2) is 9.99. The van der Waals surface area contributed by atoms with Gasteiger partial charge in [0.25, 0.3) is 0 Å². The van der Waals surface area contributed by atoms with E-state index in [-0.39, 0.29) is 12.8 Å². The van der Waals surface area contributed by atoms with E-state index in [1.807, 2.05) is 0 Å². The van der Waals surface area contributed by atoms with E-state index in [2.05, 4.69) is 49.2 Å². The second-order valence-corrected chi connectivity index (χ2v) is 9.44. The third kappa shape index (κ3) is 4.65. The fourth-order valence-corrected chi connectivity index (χ4v) is 5.22. The molecule has 1 N–H and O–H groups in total. The summed E-state index contributed by atoms with van der Waals surface area (Å²) in [6.45, 7) is 5.47. The molecular weight excluding hydrogens is 404 g/mol. The molecular formula is C26H36N2O4. The van der Waals surface area contributed by atoms with E-state index in [1.165, 1.54) is 23.1 Å². The molecule has 1 aromatic carbocycles. The van der Waals surface area contributed by atoms with Crippen molar-refractivity contribution in [2.45, 2.75) is 64.8 Å². The molecule has 0 amide bonds. The molecule has 2 heterocycles. The molecule has 6 heteroatoms. The number of ether oxygens (including phenoxy) is 3. The Hall–Kier alpha value is -2.47. The van der Waals surface area contributed by atoms with Crippen LogP contribution < -0.4 is 14.2 Å². The minimum Gasteiger partial charge on any atom is -0.492 e. The van der Waals surface area contributed by atoms with Crippen LogP contribution in [0.15, 0.2) is 34.5 Å². The number of methoxy groups -OCH3 is 1. The van der Waals surface area contributed by atoms with E-state index in [9.17, 15) is 5.21 Å². The van der Waals surface area contributed by atoms with Gasteiger partial charge in [0.2, 0.25) is 12.5 Å². The predicted molar refractivity (Wildman–Crippen MR) is 126 cm³/mol. The molecule has 0 unspecified atom stereocenters. The number of rotatable bonds is 7. The summed E-state index contributed by atoms with van der Waals surface area (Å²) in [5.74, 6) is 2.91. The molecule has 174 valence electrons. The largest absolute Gasteiger partial charge is 0.492 e. The Kier molecular flexibility index (Phi) is 7.09. The molecule has 1 aromatic rings. The first-order valence-corrected chi connectivity index (χ1v) is 11.7. The van der Waals surface area contributed by atoms with E-state index < -0.39 is 0 Å². The third-order valence-electron chi connectivity index (χ3n) is 7.07. The number of benzene rings is 1. The van der Waals surface area contributed by atoms with Crippen LogP contribution in [0.5, 0.6) is 17.2 Å². The summed E-state index contributed by atoms with van der Waals surface area (Å²) >= 11 is 0. The summed E-state index contributed by atoms with van der Waals surface area (Å²) in [6, 6.07) is 2.15. The van der Waals surface area contributed by atoms with Crippen molar-refractivity contribution < 1.29 is 19.4 Å². The highest BCUT2D eigenvalue weighted by Crippen LogP contribution is 2.50. The fraction of sp³-hybridized carbons (Fsp3) is 0.577. The quantitative estimate of drug-likeness (QED) is 0.257. The molecule has 2 aliphatic heterocycles. The molecule has 6 nitrogen and oxygen atoms in total. The van der Waals surface area contributed by atoms with Crippen molar-refractivity contribution >= 4 is 5.71 Å². The summed E-state index contributed by atoms with van der Waals surface area (Å²) in [5.41, 5.74) is 5.72. The van der Waals surface area contributed by atoms with Crippen molar-refractivity contribution in [3.63, 3.8) is 0 Å². The Morgan fingerprint density at radius 1 is 1.31 bits per heavy atom. The van der Waals surface area contributed by atoms with Gasteiger partial charge < -0.3 is 19.4 Å². The predicted octanol–water partition coefficient (Wildman–Crippen LogP) is 5.65. The lowest BCUT2D eigenvalue weighted by Gasteiger charge is -2.36. The first kappa shape index (κ1) is 22.7. The lowest BCUT2D eigenvalue weighted by molar-refractivity contribution is 0.170. The van der Waals surface area contributed by atoms with Gasteiger partial charge in [0, 0.05) is 24.6 Å². The van der Waals surface area contributed by atoms with E-state index in [0.717, 1.165) is 61.4 Å². The first-order valence-electron chi connectivity index (χ1n) is 11.7. The maximum Gasteiger partial charge on any atom is 0.231 e. The van der Waals surface area contributed by atoms with Crippen LogP contribution in [0, 0.1) is 5.92 Å². The van der Waals surface area contributed by atoms with Crippen LogP contribution in [-0.4, -0.2) is 43.3 Å². The Bertz CT molecular complexity index is 930. The molecule has 4 rings (SSSR count). The summed E-state index contributed by atoms with van der Waals surface area (Å²) in [6.07, 6.45) is 11.8. The SMILES string of the molecule is COc1c2c(cc3c1[C@@H](C/C(=N/O)C1=CC[C@@H](CCC=C(C)C)CC1)N(C)CC3)OCO2. The van der Waals surface area contributed by atoms with Gasteiger partial charge in [-0.3, -0.25) is 4.90 Å². The van der Waals surface area contributed by atoms with Gasteiger partial charge in [-0.15, -0.1) is 0 Å². The normalized spacial score (nSPS) is 22.9. The van der Waals surface area contributed by atoms with Gasteiger partial charge in [0.1, 0.15) is 0 Å². The highest BCUT2D eigenvalue weighted by atomic mass is 16.7. The van der Waals surface area contributed by atoms with Crippen LogP contribution in [0.2, 0.25) is 0 Å². The topological polar surface area (TPSA) is 63.5 Å². The summed E-state index contributed by atoms with van der Waals surface area (Å²) in [4.78, 5) is 2.32. The van der Waals surface area contributed by atoms with Crippen LogP contribution in [-0.2, 0) is 6.42 Å². The molecule has 0 saturated heterocycles. The number of fused-ring (bicyclic) bond motifs is 2. The van der Waals surface area contributed by atoms with E-state index in [1.54, 1.807) is 7.11 Å². The Morgan fingerprint density at radius 2 is 2.16 bits per heavy atom. The molecule has 32 heavy (non-hydrogen) atoms. The number of hydrogen-bond acceptors (Lipinski definition) is 6. The van der Waals surface area contributed by atoms with E-state index >= 15 is 0 Å². The van der Waals surface area contributed by atoms with Gasteiger partial charge in [-0.05, 0) is 82.5 Å². The van der Waals surface area contributed by atoms with Crippen molar-refractivity contribution in [2.24, 2.45) is 11.1 Å². The van der Waals surface area contributed by atoms with E-state index in [0.29, 0.717) is 18.1 Å². The zero-order chi connectivity index (χ0) is 22.7. The van der Waals surface area contributed by atoms with Gasteiger partial charge in [0.15, 0.2) is 11.5 Å². The zero-order valence-corrected chi connectivity index (χ0v) is 19.8. The number of oxime groups is 1. The minimum atomic E-state index is 0.0605. The number of allylic oxidation sites excluding steroid dienone is 4. The standard InChI is InChI=1S/C26H36N2O4/c1-17(2)6-5-7-18-8-10-19(11-9-18)21(27-29)15-22-24-20(12-13-28(22)3)14-23-25(26(24)30-4)32-16-31-23/h6,10,14,18,22,29H,5,7-9,11-13,15-16H2,1-4H3/b27-21-/t18-,22-/m1/s1. The van der Waals surface area contributed by atoms with Crippen LogP contribution in [0.1, 0.15) is 69.5 Å². The van der Waals surface area contributed by atoms with Crippen molar-refractivity contribution in [3.8, 4) is 17.2 Å². The fourth-order valence-electron chi connectivity index (χ4n) is 5.22. The molecule has 0 bridgehead atoms.